The summed E-state index contributed by atoms with van der Waals surface area (Å²) in [6, 6.07) is 16.1. The van der Waals surface area contributed by atoms with Gasteiger partial charge in [0.1, 0.15) is 0 Å². The van der Waals surface area contributed by atoms with E-state index in [-0.39, 0.29) is 0 Å². The third-order valence-electron chi connectivity index (χ3n) is 5.99. The highest BCUT2D eigenvalue weighted by molar-refractivity contribution is 6.05. The van der Waals surface area contributed by atoms with Gasteiger partial charge in [-0.2, -0.15) is 0 Å². The number of aromatic nitrogens is 1. The first kappa shape index (κ1) is 20.1. The molecule has 1 heterocycles. The lowest BCUT2D eigenvalue weighted by atomic mass is 9.80. The lowest BCUT2D eigenvalue weighted by molar-refractivity contribution is 0.0697. The first-order valence-electron chi connectivity index (χ1n) is 10.7. The molecule has 1 aliphatic carbocycles. The van der Waals surface area contributed by atoms with Crippen LogP contribution in [0.5, 0.6) is 0 Å². The second kappa shape index (κ2) is 8.31. The van der Waals surface area contributed by atoms with Crippen LogP contribution >= 0.6 is 0 Å². The standard InChI is InChI=1S/C26H28N2O2/c1-4-28(5-2)20-12-10-18(11-13-20)16-19-14-17(3)15-22-24(26(29)30)21-8-6-7-9-23(21)27-25(19)22/h6-13,16-17H,4-5,14-15H2,1-3H3,(H,29,30)/b19-16+. The molecule has 1 aliphatic rings. The number of hydrogen-bond acceptors (Lipinski definition) is 3. The Morgan fingerprint density at radius 3 is 2.47 bits per heavy atom. The number of carbonyl (C=O) groups is 1. The molecule has 0 bridgehead atoms. The number of carboxylic acids is 1. The number of fused-ring (bicyclic) bond motifs is 2. The Morgan fingerprint density at radius 1 is 1.10 bits per heavy atom. The van der Waals surface area contributed by atoms with E-state index in [2.05, 4.69) is 56.0 Å². The van der Waals surface area contributed by atoms with E-state index in [1.807, 2.05) is 24.3 Å². The number of para-hydroxylation sites is 1. The molecular formula is C26H28N2O2. The maximum absolute atomic E-state index is 12.2. The molecule has 0 spiro atoms. The molecule has 30 heavy (non-hydrogen) atoms. The van der Waals surface area contributed by atoms with Gasteiger partial charge in [0.2, 0.25) is 0 Å². The molecule has 154 valence electrons. The lowest BCUT2D eigenvalue weighted by Gasteiger charge is -2.26. The van der Waals surface area contributed by atoms with Crippen LogP contribution in [0.4, 0.5) is 5.69 Å². The zero-order valence-corrected chi connectivity index (χ0v) is 17.9. The van der Waals surface area contributed by atoms with Crippen LogP contribution in [0, 0.1) is 5.92 Å². The summed E-state index contributed by atoms with van der Waals surface area (Å²) < 4.78 is 0. The monoisotopic (exact) mass is 400 g/mol. The van der Waals surface area contributed by atoms with E-state index in [0.29, 0.717) is 11.5 Å². The number of hydrogen-bond donors (Lipinski definition) is 1. The van der Waals surface area contributed by atoms with Crippen molar-refractivity contribution >= 4 is 34.2 Å². The van der Waals surface area contributed by atoms with Gasteiger partial charge in [-0.1, -0.05) is 37.3 Å². The molecule has 4 nitrogen and oxygen atoms in total. The molecule has 1 unspecified atom stereocenters. The van der Waals surface area contributed by atoms with Crippen LogP contribution in [0.15, 0.2) is 48.5 Å². The van der Waals surface area contributed by atoms with E-state index in [0.717, 1.165) is 59.2 Å². The first-order valence-corrected chi connectivity index (χ1v) is 10.7. The van der Waals surface area contributed by atoms with Gasteiger partial charge in [0, 0.05) is 24.2 Å². The Kier molecular flexibility index (Phi) is 5.58. The highest BCUT2D eigenvalue weighted by Gasteiger charge is 2.27. The van der Waals surface area contributed by atoms with Crippen molar-refractivity contribution < 1.29 is 9.90 Å². The summed E-state index contributed by atoms with van der Waals surface area (Å²) in [5, 5.41) is 10.7. The van der Waals surface area contributed by atoms with E-state index in [1.165, 1.54) is 5.69 Å². The number of pyridine rings is 1. The quantitative estimate of drug-likeness (QED) is 0.579. The largest absolute Gasteiger partial charge is 0.478 e. The molecule has 0 saturated carbocycles. The predicted octanol–water partition coefficient (Wildman–Crippen LogP) is 5.90. The second-order valence-corrected chi connectivity index (χ2v) is 8.08. The average Bonchev–Trinajstić information content (AvgIpc) is 2.74. The lowest BCUT2D eigenvalue weighted by Crippen LogP contribution is -2.21. The summed E-state index contributed by atoms with van der Waals surface area (Å²) in [5.74, 6) is -0.498. The minimum atomic E-state index is -0.873. The number of aromatic carboxylic acids is 1. The van der Waals surface area contributed by atoms with Gasteiger partial charge >= 0.3 is 5.97 Å². The minimum Gasteiger partial charge on any atom is -0.478 e. The zero-order chi connectivity index (χ0) is 21.3. The van der Waals surface area contributed by atoms with E-state index in [1.54, 1.807) is 0 Å². The van der Waals surface area contributed by atoms with E-state index in [4.69, 9.17) is 4.98 Å². The normalized spacial score (nSPS) is 17.2. The van der Waals surface area contributed by atoms with Crippen molar-refractivity contribution in [2.45, 2.75) is 33.6 Å². The van der Waals surface area contributed by atoms with Crippen molar-refractivity contribution in [2.75, 3.05) is 18.0 Å². The molecule has 1 N–H and O–H groups in total. The molecule has 4 rings (SSSR count). The summed E-state index contributed by atoms with van der Waals surface area (Å²) >= 11 is 0. The Morgan fingerprint density at radius 2 is 1.80 bits per heavy atom. The van der Waals surface area contributed by atoms with E-state index < -0.39 is 5.97 Å². The maximum atomic E-state index is 12.2. The Balaban J connectivity index is 1.83. The topological polar surface area (TPSA) is 53.4 Å². The molecule has 4 heteroatoms. The number of rotatable bonds is 5. The van der Waals surface area contributed by atoms with Gasteiger partial charge in [-0.15, -0.1) is 0 Å². The third kappa shape index (κ3) is 3.70. The number of allylic oxidation sites excluding steroid dienone is 1. The maximum Gasteiger partial charge on any atom is 0.336 e. The summed E-state index contributed by atoms with van der Waals surface area (Å²) in [4.78, 5) is 19.4. The minimum absolute atomic E-state index is 0.375. The van der Waals surface area contributed by atoms with E-state index in [9.17, 15) is 9.90 Å². The van der Waals surface area contributed by atoms with Crippen molar-refractivity contribution in [1.82, 2.24) is 4.98 Å². The number of anilines is 1. The van der Waals surface area contributed by atoms with Gasteiger partial charge < -0.3 is 10.0 Å². The van der Waals surface area contributed by atoms with Crippen molar-refractivity contribution in [3.8, 4) is 0 Å². The summed E-state index contributed by atoms with van der Waals surface area (Å²) in [6.45, 7) is 8.47. The van der Waals surface area contributed by atoms with Crippen molar-refractivity contribution in [2.24, 2.45) is 5.92 Å². The summed E-state index contributed by atoms with van der Waals surface area (Å²) in [6.07, 6.45) is 3.82. The summed E-state index contributed by atoms with van der Waals surface area (Å²) in [5.41, 5.74) is 6.32. The highest BCUT2D eigenvalue weighted by atomic mass is 16.4. The highest BCUT2D eigenvalue weighted by Crippen LogP contribution is 2.38. The average molecular weight is 401 g/mol. The number of nitrogens with zero attached hydrogens (tertiary/aromatic N) is 2. The van der Waals surface area contributed by atoms with Gasteiger partial charge in [0.15, 0.2) is 0 Å². The fourth-order valence-corrected chi connectivity index (χ4v) is 4.55. The van der Waals surface area contributed by atoms with Crippen LogP contribution in [0.3, 0.4) is 0 Å². The molecular weight excluding hydrogens is 372 g/mol. The molecule has 0 aliphatic heterocycles. The third-order valence-corrected chi connectivity index (χ3v) is 5.99. The van der Waals surface area contributed by atoms with Crippen molar-refractivity contribution in [3.05, 3.63) is 70.9 Å². The Labute approximate surface area is 177 Å². The Hall–Kier alpha value is -3.14. The van der Waals surface area contributed by atoms with Crippen LogP contribution in [-0.4, -0.2) is 29.1 Å². The van der Waals surface area contributed by atoms with Crippen LogP contribution in [0.1, 0.15) is 54.4 Å². The fraction of sp³-hybridized carbons (Fsp3) is 0.308. The van der Waals surface area contributed by atoms with Gasteiger partial charge in [-0.05, 0) is 73.6 Å². The molecule has 0 fully saturated rings. The van der Waals surface area contributed by atoms with Gasteiger partial charge in [-0.25, -0.2) is 9.78 Å². The number of carboxylic acid groups (broad SMARTS) is 1. The Bertz CT molecular complexity index is 1110. The zero-order valence-electron chi connectivity index (χ0n) is 17.9. The predicted molar refractivity (Wildman–Crippen MR) is 124 cm³/mol. The molecule has 2 aromatic carbocycles. The van der Waals surface area contributed by atoms with Gasteiger partial charge in [0.05, 0.1) is 16.8 Å². The van der Waals surface area contributed by atoms with Gasteiger partial charge in [-0.3, -0.25) is 0 Å². The number of benzene rings is 2. The van der Waals surface area contributed by atoms with Crippen molar-refractivity contribution in [3.63, 3.8) is 0 Å². The molecule has 0 amide bonds. The van der Waals surface area contributed by atoms with Crippen LogP contribution < -0.4 is 4.90 Å². The SMILES string of the molecule is CCN(CC)c1ccc(/C=C2\CC(C)Cc3c2nc2ccccc2c3C(=O)O)cc1. The molecule has 3 aromatic rings. The second-order valence-electron chi connectivity index (χ2n) is 8.08. The fourth-order valence-electron chi connectivity index (χ4n) is 4.55. The molecule has 1 aromatic heterocycles. The smallest absolute Gasteiger partial charge is 0.336 e. The molecule has 0 saturated heterocycles. The van der Waals surface area contributed by atoms with Crippen molar-refractivity contribution in [1.29, 1.82) is 0 Å². The first-order chi connectivity index (χ1) is 14.5. The molecule has 1 atom stereocenters. The van der Waals surface area contributed by atoms with Gasteiger partial charge in [0.25, 0.3) is 0 Å². The van der Waals surface area contributed by atoms with Crippen LogP contribution in [-0.2, 0) is 6.42 Å². The van der Waals surface area contributed by atoms with Crippen LogP contribution in [0.2, 0.25) is 0 Å². The van der Waals surface area contributed by atoms with E-state index >= 15 is 0 Å². The molecule has 0 radical (unpaired) electrons. The summed E-state index contributed by atoms with van der Waals surface area (Å²) in [7, 11) is 0. The van der Waals surface area contributed by atoms with Crippen LogP contribution in [0.25, 0.3) is 22.6 Å².